The van der Waals surface area contributed by atoms with Crippen molar-refractivity contribution in [2.75, 3.05) is 39.9 Å². The summed E-state index contributed by atoms with van der Waals surface area (Å²) >= 11 is 0. The van der Waals surface area contributed by atoms with Crippen molar-refractivity contribution in [1.29, 1.82) is 0 Å². The molecule has 6 nitrogen and oxygen atoms in total. The van der Waals surface area contributed by atoms with Gasteiger partial charge in [0.05, 0.1) is 13.7 Å². The second kappa shape index (κ2) is 8.39. The third kappa shape index (κ3) is 4.26. The van der Waals surface area contributed by atoms with E-state index in [2.05, 4.69) is 0 Å². The molecular formula is C23H24N2O4. The van der Waals surface area contributed by atoms with Crippen LogP contribution in [-0.2, 0) is 11.2 Å². The average Bonchev–Trinajstić information content (AvgIpc) is 3.25. The fourth-order valence-corrected chi connectivity index (χ4v) is 3.62. The molecule has 2 aliphatic heterocycles. The molecule has 0 atom stereocenters. The number of piperazine rings is 1. The third-order valence-electron chi connectivity index (χ3n) is 5.35. The third-order valence-corrected chi connectivity index (χ3v) is 5.35. The van der Waals surface area contributed by atoms with Gasteiger partial charge in [-0.3, -0.25) is 9.59 Å². The van der Waals surface area contributed by atoms with Crippen molar-refractivity contribution in [3.63, 3.8) is 0 Å². The molecule has 0 radical (unpaired) electrons. The normalized spacial score (nSPS) is 15.9. The highest BCUT2D eigenvalue weighted by Gasteiger charge is 2.25. The van der Waals surface area contributed by atoms with E-state index in [0.717, 1.165) is 29.0 Å². The van der Waals surface area contributed by atoms with Crippen LogP contribution in [0.4, 0.5) is 0 Å². The molecule has 2 heterocycles. The number of hydrogen-bond acceptors (Lipinski definition) is 4. The van der Waals surface area contributed by atoms with Crippen LogP contribution in [0, 0.1) is 0 Å². The van der Waals surface area contributed by atoms with Crippen molar-refractivity contribution in [1.82, 2.24) is 9.80 Å². The number of ether oxygens (including phenoxy) is 2. The lowest BCUT2D eigenvalue weighted by Gasteiger charge is -2.34. The minimum Gasteiger partial charge on any atom is -0.497 e. The van der Waals surface area contributed by atoms with Gasteiger partial charge in [0.15, 0.2) is 0 Å². The first-order chi connectivity index (χ1) is 14.1. The number of methoxy groups -OCH3 is 1. The molecule has 2 aliphatic rings. The molecule has 1 fully saturated rings. The van der Waals surface area contributed by atoms with E-state index in [1.165, 1.54) is 0 Å². The predicted molar refractivity (Wildman–Crippen MR) is 110 cm³/mol. The first-order valence-corrected chi connectivity index (χ1v) is 9.80. The van der Waals surface area contributed by atoms with Crippen molar-refractivity contribution in [2.24, 2.45) is 0 Å². The molecule has 0 saturated carbocycles. The van der Waals surface area contributed by atoms with Gasteiger partial charge >= 0.3 is 0 Å². The topological polar surface area (TPSA) is 59.1 Å². The molecule has 0 unspecified atom stereocenters. The summed E-state index contributed by atoms with van der Waals surface area (Å²) in [7, 11) is 1.62. The molecule has 2 amide bonds. The molecule has 0 spiro atoms. The van der Waals surface area contributed by atoms with E-state index in [1.807, 2.05) is 47.4 Å². The molecule has 29 heavy (non-hydrogen) atoms. The number of amides is 2. The largest absolute Gasteiger partial charge is 0.497 e. The first-order valence-electron chi connectivity index (χ1n) is 9.80. The van der Waals surface area contributed by atoms with Gasteiger partial charge < -0.3 is 19.3 Å². The highest BCUT2D eigenvalue weighted by Crippen LogP contribution is 2.26. The minimum absolute atomic E-state index is 0.0144. The van der Waals surface area contributed by atoms with Gasteiger partial charge in [0.25, 0.3) is 5.91 Å². The Labute approximate surface area is 170 Å². The van der Waals surface area contributed by atoms with E-state index in [0.29, 0.717) is 38.3 Å². The lowest BCUT2D eigenvalue weighted by atomic mass is 10.1. The van der Waals surface area contributed by atoms with Gasteiger partial charge in [-0.1, -0.05) is 12.1 Å². The number of fused-ring (bicyclic) bond motifs is 1. The second-order valence-corrected chi connectivity index (χ2v) is 7.14. The Morgan fingerprint density at radius 3 is 2.45 bits per heavy atom. The summed E-state index contributed by atoms with van der Waals surface area (Å²) in [6.45, 7) is 2.82. The molecule has 0 N–H and O–H groups in total. The van der Waals surface area contributed by atoms with Crippen molar-refractivity contribution in [3.8, 4) is 11.5 Å². The Kier molecular flexibility index (Phi) is 5.51. The van der Waals surface area contributed by atoms with Crippen LogP contribution in [0.25, 0.3) is 6.08 Å². The standard InChI is InChI=1S/C23H24N2O4/c1-28-20-6-2-17(3-7-20)4-9-22(26)24-11-13-25(14-12-24)23(27)19-5-8-21-18(16-19)10-15-29-21/h2-9,16H,10-15H2,1H3/b9-4+. The Morgan fingerprint density at radius 1 is 1.00 bits per heavy atom. The van der Waals surface area contributed by atoms with Crippen LogP contribution in [0.1, 0.15) is 21.5 Å². The van der Waals surface area contributed by atoms with Crippen LogP contribution in [0.5, 0.6) is 11.5 Å². The molecule has 2 aromatic rings. The molecule has 4 rings (SSSR count). The lowest BCUT2D eigenvalue weighted by Crippen LogP contribution is -2.50. The van der Waals surface area contributed by atoms with Gasteiger partial charge in [0.1, 0.15) is 11.5 Å². The molecule has 0 bridgehead atoms. The van der Waals surface area contributed by atoms with E-state index in [9.17, 15) is 9.59 Å². The van der Waals surface area contributed by atoms with Crippen molar-refractivity contribution >= 4 is 17.9 Å². The number of rotatable bonds is 4. The van der Waals surface area contributed by atoms with E-state index in [4.69, 9.17) is 9.47 Å². The fraction of sp³-hybridized carbons (Fsp3) is 0.304. The van der Waals surface area contributed by atoms with Crippen LogP contribution < -0.4 is 9.47 Å². The maximum atomic E-state index is 12.8. The fourth-order valence-electron chi connectivity index (χ4n) is 3.62. The summed E-state index contributed by atoms with van der Waals surface area (Å²) < 4.78 is 10.6. The lowest BCUT2D eigenvalue weighted by molar-refractivity contribution is -0.127. The molecular weight excluding hydrogens is 368 g/mol. The number of carbonyl (C=O) groups excluding carboxylic acids is 2. The highest BCUT2D eigenvalue weighted by molar-refractivity contribution is 5.95. The minimum atomic E-state index is -0.0393. The zero-order valence-electron chi connectivity index (χ0n) is 16.5. The summed E-state index contributed by atoms with van der Waals surface area (Å²) in [6, 6.07) is 13.2. The molecule has 0 aliphatic carbocycles. The maximum absolute atomic E-state index is 12.8. The predicted octanol–water partition coefficient (Wildman–Crippen LogP) is 2.63. The van der Waals surface area contributed by atoms with Crippen LogP contribution in [0.15, 0.2) is 48.5 Å². The van der Waals surface area contributed by atoms with Gasteiger partial charge in [0, 0.05) is 44.2 Å². The highest BCUT2D eigenvalue weighted by atomic mass is 16.5. The van der Waals surface area contributed by atoms with Crippen LogP contribution in [0.2, 0.25) is 0 Å². The summed E-state index contributed by atoms with van der Waals surface area (Å²) in [5.41, 5.74) is 2.72. The smallest absolute Gasteiger partial charge is 0.253 e. The molecule has 1 saturated heterocycles. The molecule has 0 aromatic heterocycles. The quantitative estimate of drug-likeness (QED) is 0.751. The van der Waals surface area contributed by atoms with Crippen LogP contribution in [-0.4, -0.2) is 61.5 Å². The van der Waals surface area contributed by atoms with E-state index in [-0.39, 0.29) is 11.8 Å². The van der Waals surface area contributed by atoms with Gasteiger partial charge in [-0.05, 0) is 47.5 Å². The van der Waals surface area contributed by atoms with Crippen LogP contribution >= 0.6 is 0 Å². The zero-order chi connectivity index (χ0) is 20.2. The average molecular weight is 392 g/mol. The molecule has 2 aromatic carbocycles. The molecule has 150 valence electrons. The van der Waals surface area contributed by atoms with Gasteiger partial charge in [-0.25, -0.2) is 0 Å². The van der Waals surface area contributed by atoms with Crippen molar-refractivity contribution in [3.05, 3.63) is 65.2 Å². The van der Waals surface area contributed by atoms with Crippen LogP contribution in [0.3, 0.4) is 0 Å². The second-order valence-electron chi connectivity index (χ2n) is 7.14. The Hall–Kier alpha value is -3.28. The number of benzene rings is 2. The van der Waals surface area contributed by atoms with Gasteiger partial charge in [-0.2, -0.15) is 0 Å². The van der Waals surface area contributed by atoms with Gasteiger partial charge in [-0.15, -0.1) is 0 Å². The van der Waals surface area contributed by atoms with E-state index < -0.39 is 0 Å². The van der Waals surface area contributed by atoms with Gasteiger partial charge in [0.2, 0.25) is 5.91 Å². The SMILES string of the molecule is COc1ccc(/C=C/C(=O)N2CCN(C(=O)c3ccc4c(c3)CCO4)CC2)cc1. The summed E-state index contributed by atoms with van der Waals surface area (Å²) in [6.07, 6.45) is 4.23. The molecule has 6 heteroatoms. The number of nitrogens with zero attached hydrogens (tertiary/aromatic N) is 2. The van der Waals surface area contributed by atoms with Crippen molar-refractivity contribution < 1.29 is 19.1 Å². The summed E-state index contributed by atoms with van der Waals surface area (Å²) in [5.74, 6) is 1.63. The summed E-state index contributed by atoms with van der Waals surface area (Å²) in [4.78, 5) is 28.9. The van der Waals surface area contributed by atoms with E-state index >= 15 is 0 Å². The van der Waals surface area contributed by atoms with E-state index in [1.54, 1.807) is 24.2 Å². The Morgan fingerprint density at radius 2 is 1.72 bits per heavy atom. The Balaban J connectivity index is 1.32. The summed E-state index contributed by atoms with van der Waals surface area (Å²) in [5, 5.41) is 0. The maximum Gasteiger partial charge on any atom is 0.253 e. The monoisotopic (exact) mass is 392 g/mol. The van der Waals surface area contributed by atoms with Crippen molar-refractivity contribution in [2.45, 2.75) is 6.42 Å². The Bertz CT molecular complexity index is 928. The number of carbonyl (C=O) groups is 2. The number of hydrogen-bond donors (Lipinski definition) is 0. The zero-order valence-corrected chi connectivity index (χ0v) is 16.5. The first kappa shape index (κ1) is 19.1.